The number of nitrogens with one attached hydrogen (secondary N) is 1. The van der Waals surface area contributed by atoms with Gasteiger partial charge in [-0.25, -0.2) is 4.79 Å². The van der Waals surface area contributed by atoms with Crippen LogP contribution in [0.2, 0.25) is 0 Å². The van der Waals surface area contributed by atoms with Crippen molar-refractivity contribution < 1.29 is 9.53 Å². The normalized spacial score (nSPS) is 9.80. The Labute approximate surface area is 60.8 Å². The first-order valence-electron chi connectivity index (χ1n) is 2.90. The van der Waals surface area contributed by atoms with Gasteiger partial charge >= 0.3 is 6.09 Å². The van der Waals surface area contributed by atoms with Gasteiger partial charge in [-0.05, 0) is 20.8 Å². The molecule has 0 saturated carbocycles. The minimum absolute atomic E-state index is 0.298. The average molecular weight is 141 g/mol. The summed E-state index contributed by atoms with van der Waals surface area (Å²) in [6.07, 6.45) is 5.91. The second-order valence-corrected chi connectivity index (χ2v) is 2.88. The van der Waals surface area contributed by atoms with Crippen molar-refractivity contribution in [2.45, 2.75) is 26.3 Å². The Morgan fingerprint density at radius 3 is 2.40 bits per heavy atom. The predicted molar refractivity (Wildman–Crippen MR) is 38.2 cm³/mol. The van der Waals surface area contributed by atoms with Crippen molar-refractivity contribution in [2.24, 2.45) is 0 Å². The standard InChI is InChI=1S/C7H11NO2/c1-5-10-6(9)8-7(2,3)4/h1H,2-4H3,(H,8,9). The molecule has 3 heteroatoms. The molecule has 0 aromatic carbocycles. The largest absolute Gasteiger partial charge is 0.421 e. The van der Waals surface area contributed by atoms with Crippen LogP contribution in [0.3, 0.4) is 0 Å². The van der Waals surface area contributed by atoms with Crippen LogP contribution in [0, 0.1) is 12.5 Å². The Morgan fingerprint density at radius 1 is 1.60 bits per heavy atom. The first-order valence-corrected chi connectivity index (χ1v) is 2.90. The fourth-order valence-electron chi connectivity index (χ4n) is 0.385. The van der Waals surface area contributed by atoms with Crippen molar-refractivity contribution in [3.63, 3.8) is 0 Å². The molecule has 10 heavy (non-hydrogen) atoms. The number of amides is 1. The molecule has 3 nitrogen and oxygen atoms in total. The van der Waals surface area contributed by atoms with Crippen LogP contribution >= 0.6 is 0 Å². The van der Waals surface area contributed by atoms with E-state index < -0.39 is 6.09 Å². The van der Waals surface area contributed by atoms with Gasteiger partial charge in [0, 0.05) is 5.54 Å². The summed E-state index contributed by atoms with van der Waals surface area (Å²) in [7, 11) is 0. The average Bonchev–Trinajstić information content (AvgIpc) is 1.59. The highest BCUT2D eigenvalue weighted by molar-refractivity contribution is 5.69. The molecule has 0 aliphatic carbocycles. The quantitative estimate of drug-likeness (QED) is 0.513. The molecule has 0 atom stereocenters. The second kappa shape index (κ2) is 3.11. The summed E-state index contributed by atoms with van der Waals surface area (Å²) in [5.74, 6) is 0. The fraction of sp³-hybridized carbons (Fsp3) is 0.571. The topological polar surface area (TPSA) is 38.3 Å². The highest BCUT2D eigenvalue weighted by Crippen LogP contribution is 1.98. The van der Waals surface area contributed by atoms with Crippen LogP contribution < -0.4 is 5.32 Å². The lowest BCUT2D eigenvalue weighted by Gasteiger charge is -2.18. The van der Waals surface area contributed by atoms with Gasteiger partial charge in [0.15, 0.2) is 0 Å². The number of ether oxygens (including phenoxy) is 1. The Morgan fingerprint density at radius 2 is 2.10 bits per heavy atom. The van der Waals surface area contributed by atoms with E-state index in [9.17, 15) is 4.79 Å². The molecule has 0 rings (SSSR count). The molecule has 56 valence electrons. The minimum atomic E-state index is -0.588. The van der Waals surface area contributed by atoms with Crippen LogP contribution in [0.4, 0.5) is 4.79 Å². The molecule has 0 saturated heterocycles. The van der Waals surface area contributed by atoms with E-state index in [1.165, 1.54) is 0 Å². The van der Waals surface area contributed by atoms with Gasteiger partial charge in [-0.2, -0.15) is 0 Å². The summed E-state index contributed by atoms with van der Waals surface area (Å²) < 4.78 is 4.20. The zero-order chi connectivity index (χ0) is 8.20. The zero-order valence-corrected chi connectivity index (χ0v) is 6.39. The summed E-state index contributed by atoms with van der Waals surface area (Å²) in [6, 6.07) is 0. The smallest absolute Gasteiger partial charge is 0.356 e. The lowest BCUT2D eigenvalue weighted by Crippen LogP contribution is -2.40. The van der Waals surface area contributed by atoms with Crippen molar-refractivity contribution >= 4 is 6.09 Å². The van der Waals surface area contributed by atoms with E-state index in [4.69, 9.17) is 6.42 Å². The Hall–Kier alpha value is -1.17. The van der Waals surface area contributed by atoms with Crippen molar-refractivity contribution in [1.82, 2.24) is 5.32 Å². The van der Waals surface area contributed by atoms with Crippen LogP contribution in [0.1, 0.15) is 20.8 Å². The van der Waals surface area contributed by atoms with E-state index in [0.717, 1.165) is 0 Å². The fourth-order valence-corrected chi connectivity index (χ4v) is 0.385. The number of alkyl carbamates (subject to hydrolysis) is 1. The highest BCUT2D eigenvalue weighted by atomic mass is 16.5. The van der Waals surface area contributed by atoms with Gasteiger partial charge in [0.05, 0.1) is 0 Å². The van der Waals surface area contributed by atoms with Crippen molar-refractivity contribution in [2.75, 3.05) is 0 Å². The SMILES string of the molecule is C#COC(=O)NC(C)(C)C. The molecular formula is C7H11NO2. The maximum Gasteiger partial charge on any atom is 0.421 e. The molecule has 0 unspecified atom stereocenters. The van der Waals surface area contributed by atoms with E-state index in [2.05, 4.69) is 10.1 Å². The molecule has 1 amide bonds. The molecule has 0 heterocycles. The lowest BCUT2D eigenvalue weighted by atomic mass is 10.1. The summed E-state index contributed by atoms with van der Waals surface area (Å²) in [5.41, 5.74) is -0.298. The van der Waals surface area contributed by atoms with Gasteiger partial charge in [-0.15, -0.1) is 0 Å². The van der Waals surface area contributed by atoms with Crippen LogP contribution in [0.5, 0.6) is 0 Å². The van der Waals surface area contributed by atoms with E-state index in [0.29, 0.717) is 0 Å². The van der Waals surface area contributed by atoms with E-state index in [1.54, 1.807) is 6.11 Å². The number of terminal acetylenes is 1. The first-order chi connectivity index (χ1) is 4.45. The van der Waals surface area contributed by atoms with E-state index in [1.807, 2.05) is 20.8 Å². The van der Waals surface area contributed by atoms with E-state index in [-0.39, 0.29) is 5.54 Å². The molecule has 0 bridgehead atoms. The molecule has 0 aliphatic heterocycles. The molecule has 0 fully saturated rings. The van der Waals surface area contributed by atoms with E-state index >= 15 is 0 Å². The van der Waals surface area contributed by atoms with Crippen LogP contribution in [0.15, 0.2) is 0 Å². The summed E-state index contributed by atoms with van der Waals surface area (Å²) in [6.45, 7) is 5.51. The molecule has 0 spiro atoms. The predicted octanol–water partition coefficient (Wildman–Crippen LogP) is 1.10. The van der Waals surface area contributed by atoms with Gasteiger partial charge < -0.3 is 10.1 Å². The van der Waals surface area contributed by atoms with Crippen LogP contribution in [0.25, 0.3) is 0 Å². The molecule has 0 radical (unpaired) electrons. The van der Waals surface area contributed by atoms with Crippen molar-refractivity contribution in [3.05, 3.63) is 0 Å². The maximum absolute atomic E-state index is 10.6. The van der Waals surface area contributed by atoms with Gasteiger partial charge in [-0.1, -0.05) is 6.42 Å². The van der Waals surface area contributed by atoms with Crippen molar-refractivity contribution in [3.8, 4) is 12.5 Å². The Bertz CT molecular complexity index is 161. The first kappa shape index (κ1) is 8.83. The van der Waals surface area contributed by atoms with Gasteiger partial charge in [0.1, 0.15) is 6.11 Å². The van der Waals surface area contributed by atoms with Gasteiger partial charge in [0.25, 0.3) is 0 Å². The molecular weight excluding hydrogens is 130 g/mol. The maximum atomic E-state index is 10.6. The van der Waals surface area contributed by atoms with Crippen LogP contribution in [-0.4, -0.2) is 11.6 Å². The molecule has 0 aromatic rings. The molecule has 0 aliphatic rings. The summed E-state index contributed by atoms with van der Waals surface area (Å²) in [4.78, 5) is 10.6. The summed E-state index contributed by atoms with van der Waals surface area (Å²) >= 11 is 0. The summed E-state index contributed by atoms with van der Waals surface area (Å²) in [5, 5.41) is 2.52. The van der Waals surface area contributed by atoms with Gasteiger partial charge in [-0.3, -0.25) is 0 Å². The second-order valence-electron chi connectivity index (χ2n) is 2.88. The number of hydrogen-bond acceptors (Lipinski definition) is 2. The van der Waals surface area contributed by atoms with Gasteiger partial charge in [0.2, 0.25) is 0 Å². The number of carbonyl (C=O) groups is 1. The third kappa shape index (κ3) is 4.98. The molecule has 1 N–H and O–H groups in total. The van der Waals surface area contributed by atoms with Crippen molar-refractivity contribution in [1.29, 1.82) is 0 Å². The van der Waals surface area contributed by atoms with Crippen LogP contribution in [-0.2, 0) is 4.74 Å². The number of carbonyl (C=O) groups excluding carboxylic acids is 1. The number of rotatable bonds is 0. The number of hydrogen-bond donors (Lipinski definition) is 1. The Kier molecular flexibility index (Phi) is 2.75. The monoisotopic (exact) mass is 141 g/mol. The third-order valence-electron chi connectivity index (χ3n) is 0.629. The molecule has 0 aromatic heterocycles. The third-order valence-corrected chi connectivity index (χ3v) is 0.629. The lowest BCUT2D eigenvalue weighted by molar-refractivity contribution is 0.182. The highest BCUT2D eigenvalue weighted by Gasteiger charge is 2.13. The zero-order valence-electron chi connectivity index (χ0n) is 6.39. The Balaban J connectivity index is 3.72. The minimum Gasteiger partial charge on any atom is -0.356 e.